The Morgan fingerprint density at radius 1 is 1.29 bits per heavy atom. The zero-order chi connectivity index (χ0) is 12.4. The molecule has 5 heteroatoms. The third kappa shape index (κ3) is 2.90. The second kappa shape index (κ2) is 5.23. The third-order valence-electron chi connectivity index (χ3n) is 2.57. The average molecular weight is 360 g/mol. The molecule has 0 bridgehead atoms. The van der Waals surface area contributed by atoms with Gasteiger partial charge in [0.1, 0.15) is 5.76 Å². The van der Waals surface area contributed by atoms with Gasteiger partial charge >= 0.3 is 0 Å². The standard InChI is InChI=1S/C12H12Br2N2O/c1-7-10(8(2)17-16-7)6-15-12-4-3-9(13)5-11(12)14/h3-5,15H,6H2,1-2H3. The SMILES string of the molecule is Cc1noc(C)c1CNc1ccc(Br)cc1Br. The number of halogens is 2. The molecule has 1 heterocycles. The van der Waals surface area contributed by atoms with E-state index in [1.165, 1.54) is 0 Å². The van der Waals surface area contributed by atoms with Crippen LogP contribution in [0.25, 0.3) is 0 Å². The molecular weight excluding hydrogens is 348 g/mol. The third-order valence-corrected chi connectivity index (χ3v) is 3.72. The smallest absolute Gasteiger partial charge is 0.138 e. The Balaban J connectivity index is 2.13. The largest absolute Gasteiger partial charge is 0.380 e. The van der Waals surface area contributed by atoms with Crippen molar-refractivity contribution in [2.75, 3.05) is 5.32 Å². The average Bonchev–Trinajstić information content (AvgIpc) is 2.58. The molecule has 0 atom stereocenters. The highest BCUT2D eigenvalue weighted by Crippen LogP contribution is 2.27. The lowest BCUT2D eigenvalue weighted by atomic mass is 10.2. The lowest BCUT2D eigenvalue weighted by Crippen LogP contribution is -2.01. The van der Waals surface area contributed by atoms with E-state index in [0.717, 1.165) is 31.7 Å². The Hall–Kier alpha value is -0.810. The van der Waals surface area contributed by atoms with Gasteiger partial charge in [0.05, 0.1) is 5.69 Å². The minimum atomic E-state index is 0.710. The van der Waals surface area contributed by atoms with Gasteiger partial charge in [-0.05, 0) is 48.0 Å². The minimum absolute atomic E-state index is 0.710. The van der Waals surface area contributed by atoms with Crippen LogP contribution in [0.15, 0.2) is 31.7 Å². The fraction of sp³-hybridized carbons (Fsp3) is 0.250. The van der Waals surface area contributed by atoms with Crippen LogP contribution in [0.5, 0.6) is 0 Å². The molecule has 0 spiro atoms. The van der Waals surface area contributed by atoms with Gasteiger partial charge in [-0.15, -0.1) is 0 Å². The zero-order valence-electron chi connectivity index (χ0n) is 9.55. The van der Waals surface area contributed by atoms with Gasteiger partial charge in [-0.1, -0.05) is 21.1 Å². The molecule has 0 aliphatic carbocycles. The highest BCUT2D eigenvalue weighted by Gasteiger charge is 2.09. The second-order valence-electron chi connectivity index (χ2n) is 3.78. The number of rotatable bonds is 3. The summed E-state index contributed by atoms with van der Waals surface area (Å²) in [5.41, 5.74) is 3.09. The van der Waals surface area contributed by atoms with Crippen LogP contribution in [-0.2, 0) is 6.54 Å². The minimum Gasteiger partial charge on any atom is -0.380 e. The molecule has 1 N–H and O–H groups in total. The molecule has 17 heavy (non-hydrogen) atoms. The monoisotopic (exact) mass is 358 g/mol. The van der Waals surface area contributed by atoms with Crippen LogP contribution in [0.4, 0.5) is 5.69 Å². The van der Waals surface area contributed by atoms with Gasteiger partial charge in [-0.2, -0.15) is 0 Å². The maximum atomic E-state index is 5.12. The summed E-state index contributed by atoms with van der Waals surface area (Å²) in [6.45, 7) is 4.58. The van der Waals surface area contributed by atoms with E-state index < -0.39 is 0 Å². The quantitative estimate of drug-likeness (QED) is 0.880. The van der Waals surface area contributed by atoms with Crippen LogP contribution in [0.2, 0.25) is 0 Å². The number of hydrogen-bond donors (Lipinski definition) is 1. The van der Waals surface area contributed by atoms with E-state index in [9.17, 15) is 0 Å². The lowest BCUT2D eigenvalue weighted by Gasteiger charge is -2.08. The van der Waals surface area contributed by atoms with Crippen molar-refractivity contribution in [2.24, 2.45) is 0 Å². The van der Waals surface area contributed by atoms with Crippen molar-refractivity contribution in [3.05, 3.63) is 44.2 Å². The molecule has 0 aliphatic heterocycles. The highest BCUT2D eigenvalue weighted by molar-refractivity contribution is 9.11. The molecule has 0 amide bonds. The van der Waals surface area contributed by atoms with E-state index in [2.05, 4.69) is 42.3 Å². The van der Waals surface area contributed by atoms with Crippen LogP contribution < -0.4 is 5.32 Å². The molecule has 1 aromatic heterocycles. The summed E-state index contributed by atoms with van der Waals surface area (Å²) in [7, 11) is 0. The first-order valence-electron chi connectivity index (χ1n) is 5.18. The molecule has 1 aromatic carbocycles. The first kappa shape index (κ1) is 12.6. The summed E-state index contributed by atoms with van der Waals surface area (Å²) in [5.74, 6) is 0.864. The molecule has 0 unspecified atom stereocenters. The first-order chi connectivity index (χ1) is 8.08. The summed E-state index contributed by atoms with van der Waals surface area (Å²) in [6, 6.07) is 6.03. The van der Waals surface area contributed by atoms with Crippen LogP contribution in [0.1, 0.15) is 17.0 Å². The Morgan fingerprint density at radius 2 is 2.06 bits per heavy atom. The Morgan fingerprint density at radius 3 is 2.65 bits per heavy atom. The number of anilines is 1. The molecule has 0 saturated carbocycles. The predicted octanol–water partition coefficient (Wildman–Crippen LogP) is 4.43. The van der Waals surface area contributed by atoms with Gasteiger partial charge < -0.3 is 9.84 Å². The van der Waals surface area contributed by atoms with Gasteiger partial charge in [0.25, 0.3) is 0 Å². The van der Waals surface area contributed by atoms with Crippen LogP contribution in [0.3, 0.4) is 0 Å². The summed E-state index contributed by atoms with van der Waals surface area (Å²) in [5, 5.41) is 7.29. The number of aromatic nitrogens is 1. The number of hydrogen-bond acceptors (Lipinski definition) is 3. The maximum absolute atomic E-state index is 5.12. The van der Waals surface area contributed by atoms with Crippen LogP contribution >= 0.6 is 31.9 Å². The normalized spacial score (nSPS) is 10.6. The summed E-state index contributed by atoms with van der Waals surface area (Å²) in [4.78, 5) is 0. The van der Waals surface area contributed by atoms with Gasteiger partial charge in [0, 0.05) is 26.7 Å². The number of nitrogens with one attached hydrogen (secondary N) is 1. The van der Waals surface area contributed by atoms with Gasteiger partial charge in [0.2, 0.25) is 0 Å². The zero-order valence-corrected chi connectivity index (χ0v) is 12.7. The van der Waals surface area contributed by atoms with Crippen LogP contribution in [0, 0.1) is 13.8 Å². The van der Waals surface area contributed by atoms with E-state index in [4.69, 9.17) is 4.52 Å². The molecule has 0 radical (unpaired) electrons. The summed E-state index contributed by atoms with van der Waals surface area (Å²) in [6.07, 6.45) is 0. The van der Waals surface area contributed by atoms with E-state index in [0.29, 0.717) is 6.54 Å². The molecule has 0 saturated heterocycles. The number of benzene rings is 1. The van der Waals surface area contributed by atoms with Crippen LogP contribution in [-0.4, -0.2) is 5.16 Å². The van der Waals surface area contributed by atoms with Crippen molar-refractivity contribution >= 4 is 37.5 Å². The lowest BCUT2D eigenvalue weighted by molar-refractivity contribution is 0.392. The highest BCUT2D eigenvalue weighted by atomic mass is 79.9. The van der Waals surface area contributed by atoms with Crippen molar-refractivity contribution < 1.29 is 4.52 Å². The molecule has 0 fully saturated rings. The van der Waals surface area contributed by atoms with Crippen molar-refractivity contribution in [3.63, 3.8) is 0 Å². The molecule has 2 rings (SSSR count). The summed E-state index contributed by atoms with van der Waals surface area (Å²) >= 11 is 6.94. The first-order valence-corrected chi connectivity index (χ1v) is 6.77. The van der Waals surface area contributed by atoms with Crippen molar-refractivity contribution in [1.82, 2.24) is 5.16 Å². The van der Waals surface area contributed by atoms with E-state index in [1.54, 1.807) is 0 Å². The van der Waals surface area contributed by atoms with E-state index in [-0.39, 0.29) is 0 Å². The Kier molecular flexibility index (Phi) is 3.89. The van der Waals surface area contributed by atoms with Gasteiger partial charge in [-0.25, -0.2) is 0 Å². The number of aryl methyl sites for hydroxylation is 2. The fourth-order valence-corrected chi connectivity index (χ4v) is 2.76. The van der Waals surface area contributed by atoms with Gasteiger partial charge in [-0.3, -0.25) is 0 Å². The molecule has 90 valence electrons. The van der Waals surface area contributed by atoms with E-state index >= 15 is 0 Å². The van der Waals surface area contributed by atoms with Crippen molar-refractivity contribution in [3.8, 4) is 0 Å². The van der Waals surface area contributed by atoms with Crippen molar-refractivity contribution in [1.29, 1.82) is 0 Å². The van der Waals surface area contributed by atoms with Gasteiger partial charge in [0.15, 0.2) is 0 Å². The molecule has 2 aromatic rings. The van der Waals surface area contributed by atoms with E-state index in [1.807, 2.05) is 32.0 Å². The Bertz CT molecular complexity index is 518. The maximum Gasteiger partial charge on any atom is 0.138 e. The summed E-state index contributed by atoms with van der Waals surface area (Å²) < 4.78 is 7.20. The topological polar surface area (TPSA) is 38.1 Å². The molecule has 3 nitrogen and oxygen atoms in total. The fourth-order valence-electron chi connectivity index (χ4n) is 1.57. The second-order valence-corrected chi connectivity index (χ2v) is 5.55. The molecule has 0 aliphatic rings. The Labute approximate surface area is 117 Å². The molecular formula is C12H12Br2N2O. The predicted molar refractivity (Wildman–Crippen MR) is 75.1 cm³/mol. The number of nitrogens with zero attached hydrogens (tertiary/aromatic N) is 1. The van der Waals surface area contributed by atoms with Crippen molar-refractivity contribution in [2.45, 2.75) is 20.4 Å².